The van der Waals surface area contributed by atoms with Crippen molar-refractivity contribution in [2.24, 2.45) is 0 Å². The summed E-state index contributed by atoms with van der Waals surface area (Å²) in [6.07, 6.45) is 0. The zero-order valence-electron chi connectivity index (χ0n) is 8.49. The molecular weight excluding hydrogens is 278 g/mol. The van der Waals surface area contributed by atoms with E-state index in [9.17, 15) is 9.59 Å². The Morgan fingerprint density at radius 3 is 2.75 bits per heavy atom. The Balaban J connectivity index is 2.85. The van der Waals surface area contributed by atoms with Gasteiger partial charge in [0.05, 0.1) is 12.7 Å². The second-order valence-electron chi connectivity index (χ2n) is 2.92. The van der Waals surface area contributed by atoms with Crippen LogP contribution >= 0.6 is 15.9 Å². The Bertz CT molecular complexity index is 419. The topological polar surface area (TPSA) is 75.6 Å². The van der Waals surface area contributed by atoms with Gasteiger partial charge in [-0.05, 0) is 34.1 Å². The van der Waals surface area contributed by atoms with Crippen molar-refractivity contribution in [1.82, 2.24) is 5.32 Å². The van der Waals surface area contributed by atoms with Gasteiger partial charge in [-0.3, -0.25) is 9.59 Å². The Hall–Kier alpha value is -1.56. The Kier molecular flexibility index (Phi) is 4.30. The molecule has 0 saturated carbocycles. The summed E-state index contributed by atoms with van der Waals surface area (Å²) in [5.41, 5.74) is 0.334. The fourth-order valence-electron chi connectivity index (χ4n) is 1.06. The van der Waals surface area contributed by atoms with Crippen molar-refractivity contribution >= 4 is 27.8 Å². The maximum atomic E-state index is 11.6. The summed E-state index contributed by atoms with van der Waals surface area (Å²) in [6, 6.07) is 4.88. The molecule has 0 aromatic heterocycles. The van der Waals surface area contributed by atoms with E-state index in [-0.39, 0.29) is 0 Å². The summed E-state index contributed by atoms with van der Waals surface area (Å²) in [5.74, 6) is -1.02. The Morgan fingerprint density at radius 1 is 1.50 bits per heavy atom. The van der Waals surface area contributed by atoms with Gasteiger partial charge in [0.25, 0.3) is 5.91 Å². The molecule has 0 aliphatic carbocycles. The van der Waals surface area contributed by atoms with Crippen molar-refractivity contribution in [3.63, 3.8) is 0 Å². The average molecular weight is 288 g/mol. The third-order valence-electron chi connectivity index (χ3n) is 1.82. The molecule has 0 heterocycles. The van der Waals surface area contributed by atoms with Crippen molar-refractivity contribution in [2.75, 3.05) is 13.7 Å². The fourth-order valence-corrected chi connectivity index (χ4v) is 1.48. The summed E-state index contributed by atoms with van der Waals surface area (Å²) in [7, 11) is 1.49. The number of hydrogen-bond donors (Lipinski definition) is 2. The SMILES string of the molecule is COc1ccc(Br)c(C(=O)NCC(=O)O)c1. The molecular formula is C10H10BrNO4. The summed E-state index contributed by atoms with van der Waals surface area (Å²) in [5, 5.41) is 10.7. The number of rotatable bonds is 4. The number of aliphatic carboxylic acids is 1. The van der Waals surface area contributed by atoms with E-state index in [1.807, 2.05) is 0 Å². The van der Waals surface area contributed by atoms with Crippen molar-refractivity contribution in [3.8, 4) is 5.75 Å². The number of halogens is 1. The standard InChI is InChI=1S/C10H10BrNO4/c1-16-6-2-3-8(11)7(4-6)10(15)12-5-9(13)14/h2-4H,5H2,1H3,(H,12,15)(H,13,14). The quantitative estimate of drug-likeness (QED) is 0.875. The van der Waals surface area contributed by atoms with Gasteiger partial charge < -0.3 is 15.2 Å². The van der Waals surface area contributed by atoms with Crippen LogP contribution in [0.3, 0.4) is 0 Å². The van der Waals surface area contributed by atoms with Gasteiger partial charge in [0.1, 0.15) is 12.3 Å². The van der Waals surface area contributed by atoms with E-state index < -0.39 is 18.4 Å². The molecule has 0 saturated heterocycles. The van der Waals surface area contributed by atoms with Gasteiger partial charge in [0.15, 0.2) is 0 Å². The smallest absolute Gasteiger partial charge is 0.322 e. The highest BCUT2D eigenvalue weighted by Crippen LogP contribution is 2.22. The molecule has 0 aliphatic rings. The highest BCUT2D eigenvalue weighted by Gasteiger charge is 2.11. The van der Waals surface area contributed by atoms with Crippen molar-refractivity contribution < 1.29 is 19.4 Å². The lowest BCUT2D eigenvalue weighted by molar-refractivity contribution is -0.135. The lowest BCUT2D eigenvalue weighted by Gasteiger charge is -2.06. The number of carbonyl (C=O) groups is 2. The molecule has 1 amide bonds. The predicted molar refractivity (Wildman–Crippen MR) is 60.7 cm³/mol. The number of carbonyl (C=O) groups excluding carboxylic acids is 1. The number of nitrogens with one attached hydrogen (secondary N) is 1. The zero-order chi connectivity index (χ0) is 12.1. The third-order valence-corrected chi connectivity index (χ3v) is 2.51. The molecule has 0 bridgehead atoms. The molecule has 16 heavy (non-hydrogen) atoms. The molecule has 2 N–H and O–H groups in total. The predicted octanol–water partition coefficient (Wildman–Crippen LogP) is 1.27. The van der Waals surface area contributed by atoms with Crippen LogP contribution < -0.4 is 10.1 Å². The molecule has 0 atom stereocenters. The van der Waals surface area contributed by atoms with Crippen LogP contribution in [0.5, 0.6) is 5.75 Å². The van der Waals surface area contributed by atoms with E-state index in [1.165, 1.54) is 13.2 Å². The van der Waals surface area contributed by atoms with E-state index >= 15 is 0 Å². The average Bonchev–Trinajstić information content (AvgIpc) is 2.26. The summed E-state index contributed by atoms with van der Waals surface area (Å²) in [6.45, 7) is -0.414. The molecule has 0 fully saturated rings. The van der Waals surface area contributed by atoms with Crippen LogP contribution in [0.1, 0.15) is 10.4 Å². The lowest BCUT2D eigenvalue weighted by Crippen LogP contribution is -2.29. The molecule has 0 spiro atoms. The van der Waals surface area contributed by atoms with Crippen molar-refractivity contribution in [1.29, 1.82) is 0 Å². The van der Waals surface area contributed by atoms with Crippen LogP contribution in [0, 0.1) is 0 Å². The Labute approximate surface area is 101 Å². The molecule has 0 aliphatic heterocycles. The van der Waals surface area contributed by atoms with E-state index in [0.717, 1.165) is 0 Å². The van der Waals surface area contributed by atoms with Crippen molar-refractivity contribution in [3.05, 3.63) is 28.2 Å². The number of carboxylic acids is 1. The van der Waals surface area contributed by atoms with Crippen LogP contribution in [0.15, 0.2) is 22.7 Å². The van der Waals surface area contributed by atoms with Gasteiger partial charge in [0.2, 0.25) is 0 Å². The first-order chi connectivity index (χ1) is 7.54. The first-order valence-electron chi connectivity index (χ1n) is 4.38. The van der Waals surface area contributed by atoms with Crippen LogP contribution in [-0.4, -0.2) is 30.6 Å². The fraction of sp³-hybridized carbons (Fsp3) is 0.200. The minimum Gasteiger partial charge on any atom is -0.497 e. The van der Waals surface area contributed by atoms with Gasteiger partial charge in [-0.1, -0.05) is 0 Å². The highest BCUT2D eigenvalue weighted by molar-refractivity contribution is 9.10. The zero-order valence-corrected chi connectivity index (χ0v) is 10.1. The van der Waals surface area contributed by atoms with Crippen LogP contribution in [0.4, 0.5) is 0 Å². The van der Waals surface area contributed by atoms with Gasteiger partial charge in [-0.2, -0.15) is 0 Å². The Morgan fingerprint density at radius 2 is 2.19 bits per heavy atom. The molecule has 86 valence electrons. The maximum Gasteiger partial charge on any atom is 0.322 e. The number of methoxy groups -OCH3 is 1. The van der Waals surface area contributed by atoms with E-state index in [2.05, 4.69) is 21.2 Å². The second-order valence-corrected chi connectivity index (χ2v) is 3.78. The summed E-state index contributed by atoms with van der Waals surface area (Å²) < 4.78 is 5.55. The molecule has 1 aromatic rings. The van der Waals surface area contributed by atoms with Gasteiger partial charge in [-0.25, -0.2) is 0 Å². The normalized spacial score (nSPS) is 9.62. The minimum absolute atomic E-state index is 0.334. The largest absolute Gasteiger partial charge is 0.497 e. The van der Waals surface area contributed by atoms with E-state index in [1.54, 1.807) is 12.1 Å². The molecule has 5 nitrogen and oxygen atoms in total. The molecule has 0 radical (unpaired) electrons. The minimum atomic E-state index is -1.09. The number of amides is 1. The number of carboxylic acid groups (broad SMARTS) is 1. The van der Waals surface area contributed by atoms with Crippen LogP contribution in [0.2, 0.25) is 0 Å². The van der Waals surface area contributed by atoms with E-state index in [4.69, 9.17) is 9.84 Å². The summed E-state index contributed by atoms with van der Waals surface area (Å²) >= 11 is 3.20. The van der Waals surface area contributed by atoms with E-state index in [0.29, 0.717) is 15.8 Å². The lowest BCUT2D eigenvalue weighted by atomic mass is 10.2. The first-order valence-corrected chi connectivity index (χ1v) is 5.17. The monoisotopic (exact) mass is 287 g/mol. The van der Waals surface area contributed by atoms with Crippen LogP contribution in [-0.2, 0) is 4.79 Å². The maximum absolute atomic E-state index is 11.6. The summed E-state index contributed by atoms with van der Waals surface area (Å²) in [4.78, 5) is 21.9. The molecule has 1 rings (SSSR count). The molecule has 6 heteroatoms. The number of benzene rings is 1. The van der Waals surface area contributed by atoms with Gasteiger partial charge in [0, 0.05) is 4.47 Å². The van der Waals surface area contributed by atoms with Crippen LogP contribution in [0.25, 0.3) is 0 Å². The molecule has 0 unspecified atom stereocenters. The van der Waals surface area contributed by atoms with Gasteiger partial charge in [-0.15, -0.1) is 0 Å². The van der Waals surface area contributed by atoms with Crippen molar-refractivity contribution in [2.45, 2.75) is 0 Å². The van der Waals surface area contributed by atoms with Gasteiger partial charge >= 0.3 is 5.97 Å². The molecule has 1 aromatic carbocycles. The third kappa shape index (κ3) is 3.23. The first kappa shape index (κ1) is 12.5. The second kappa shape index (κ2) is 5.50. The highest BCUT2D eigenvalue weighted by atomic mass is 79.9. The number of hydrogen-bond acceptors (Lipinski definition) is 3. The number of ether oxygens (including phenoxy) is 1.